The topological polar surface area (TPSA) is 71.5 Å². The maximum atomic E-state index is 12.7. The van der Waals surface area contributed by atoms with E-state index < -0.39 is 0 Å². The highest BCUT2D eigenvalue weighted by atomic mass is 32.1. The molecule has 0 aliphatic heterocycles. The first-order chi connectivity index (χ1) is 14.0. The molecular formula is C22H23N3O3S. The average molecular weight is 410 g/mol. The van der Waals surface area contributed by atoms with Gasteiger partial charge in [0.2, 0.25) is 0 Å². The SMILES string of the molecule is CCOc1ccc(-c2nc(C(=O)N(C)Cc3ccc(C(=O)NC)cc3)cs2)cc1. The summed E-state index contributed by atoms with van der Waals surface area (Å²) in [6, 6.07) is 14.9. The van der Waals surface area contributed by atoms with E-state index in [0.717, 1.165) is 21.9 Å². The fourth-order valence-electron chi connectivity index (χ4n) is 2.81. The number of thiazole rings is 1. The lowest BCUT2D eigenvalue weighted by Gasteiger charge is -2.16. The second kappa shape index (κ2) is 9.34. The molecule has 1 heterocycles. The van der Waals surface area contributed by atoms with Gasteiger partial charge in [0.25, 0.3) is 11.8 Å². The number of nitrogens with one attached hydrogen (secondary N) is 1. The number of aromatic nitrogens is 1. The maximum Gasteiger partial charge on any atom is 0.273 e. The van der Waals surface area contributed by atoms with Gasteiger partial charge in [0.15, 0.2) is 0 Å². The lowest BCUT2D eigenvalue weighted by atomic mass is 10.1. The minimum absolute atomic E-state index is 0.134. The number of carbonyl (C=O) groups excluding carboxylic acids is 2. The average Bonchev–Trinajstić information content (AvgIpc) is 3.24. The largest absolute Gasteiger partial charge is 0.494 e. The first kappa shape index (κ1) is 20.5. The molecule has 6 nitrogen and oxygen atoms in total. The molecule has 0 spiro atoms. The van der Waals surface area contributed by atoms with Crippen LogP contribution in [0.5, 0.6) is 5.75 Å². The number of hydrogen-bond acceptors (Lipinski definition) is 5. The molecule has 7 heteroatoms. The Labute approximate surface area is 174 Å². The first-order valence-electron chi connectivity index (χ1n) is 9.27. The van der Waals surface area contributed by atoms with Crippen LogP contribution in [0.4, 0.5) is 0 Å². The zero-order valence-electron chi connectivity index (χ0n) is 16.6. The second-order valence-corrected chi connectivity index (χ2v) is 7.29. The van der Waals surface area contributed by atoms with E-state index in [1.807, 2.05) is 43.3 Å². The Morgan fingerprint density at radius 1 is 1.10 bits per heavy atom. The Hall–Kier alpha value is -3.19. The van der Waals surface area contributed by atoms with Gasteiger partial charge in [-0.05, 0) is 48.9 Å². The maximum absolute atomic E-state index is 12.7. The van der Waals surface area contributed by atoms with Gasteiger partial charge in [0.05, 0.1) is 6.61 Å². The molecule has 29 heavy (non-hydrogen) atoms. The molecule has 0 unspecified atom stereocenters. The van der Waals surface area contributed by atoms with Crippen molar-refractivity contribution in [2.75, 3.05) is 20.7 Å². The van der Waals surface area contributed by atoms with E-state index >= 15 is 0 Å². The van der Waals surface area contributed by atoms with E-state index in [-0.39, 0.29) is 11.8 Å². The molecule has 1 N–H and O–H groups in total. The third kappa shape index (κ3) is 5.00. The number of hydrogen-bond donors (Lipinski definition) is 1. The minimum atomic E-state index is -0.145. The van der Waals surface area contributed by atoms with E-state index in [9.17, 15) is 9.59 Å². The molecule has 0 saturated heterocycles. The van der Waals surface area contributed by atoms with Crippen LogP contribution in [0.3, 0.4) is 0 Å². The van der Waals surface area contributed by atoms with E-state index in [0.29, 0.717) is 24.4 Å². The van der Waals surface area contributed by atoms with Crippen LogP contribution in [0.25, 0.3) is 10.6 Å². The molecule has 3 rings (SSSR count). The molecular weight excluding hydrogens is 386 g/mol. The monoisotopic (exact) mass is 409 g/mol. The molecule has 0 aliphatic rings. The standard InChI is InChI=1S/C22H23N3O3S/c1-4-28-18-11-9-17(10-12-18)21-24-19(14-29-21)22(27)25(3)13-15-5-7-16(8-6-15)20(26)23-2/h5-12,14H,4,13H2,1-3H3,(H,23,26). The minimum Gasteiger partial charge on any atom is -0.494 e. The third-order valence-corrected chi connectivity index (χ3v) is 5.24. The Morgan fingerprint density at radius 2 is 1.79 bits per heavy atom. The van der Waals surface area contributed by atoms with Gasteiger partial charge < -0.3 is 15.0 Å². The van der Waals surface area contributed by atoms with Gasteiger partial charge in [-0.15, -0.1) is 11.3 Å². The van der Waals surface area contributed by atoms with Gasteiger partial charge >= 0.3 is 0 Å². The van der Waals surface area contributed by atoms with Crippen LogP contribution < -0.4 is 10.1 Å². The van der Waals surface area contributed by atoms with Crippen molar-refractivity contribution in [3.05, 3.63) is 70.7 Å². The van der Waals surface area contributed by atoms with Crippen molar-refractivity contribution < 1.29 is 14.3 Å². The predicted molar refractivity (Wildman–Crippen MR) is 114 cm³/mol. The van der Waals surface area contributed by atoms with Crippen LogP contribution in [-0.2, 0) is 6.54 Å². The number of rotatable bonds is 7. The highest BCUT2D eigenvalue weighted by Gasteiger charge is 2.17. The summed E-state index contributed by atoms with van der Waals surface area (Å²) >= 11 is 1.44. The number of carbonyl (C=O) groups is 2. The zero-order chi connectivity index (χ0) is 20.8. The highest BCUT2D eigenvalue weighted by molar-refractivity contribution is 7.13. The van der Waals surface area contributed by atoms with E-state index in [1.165, 1.54) is 11.3 Å². The van der Waals surface area contributed by atoms with Crippen molar-refractivity contribution in [1.82, 2.24) is 15.2 Å². The van der Waals surface area contributed by atoms with Gasteiger partial charge in [-0.1, -0.05) is 12.1 Å². The van der Waals surface area contributed by atoms with Crippen molar-refractivity contribution in [1.29, 1.82) is 0 Å². The van der Waals surface area contributed by atoms with Crippen molar-refractivity contribution in [2.45, 2.75) is 13.5 Å². The normalized spacial score (nSPS) is 10.4. The van der Waals surface area contributed by atoms with E-state index in [2.05, 4.69) is 10.3 Å². The first-order valence-corrected chi connectivity index (χ1v) is 10.1. The van der Waals surface area contributed by atoms with Crippen LogP contribution in [0.15, 0.2) is 53.9 Å². The van der Waals surface area contributed by atoms with Gasteiger partial charge in [0.1, 0.15) is 16.5 Å². The molecule has 2 amide bonds. The van der Waals surface area contributed by atoms with Crippen LogP contribution >= 0.6 is 11.3 Å². The van der Waals surface area contributed by atoms with Crippen LogP contribution in [0.1, 0.15) is 33.3 Å². The molecule has 0 radical (unpaired) electrons. The summed E-state index contributed by atoms with van der Waals surface area (Å²) in [4.78, 5) is 30.5. The third-order valence-electron chi connectivity index (χ3n) is 4.35. The molecule has 150 valence electrons. The Balaban J connectivity index is 1.66. The molecule has 3 aromatic rings. The molecule has 0 aliphatic carbocycles. The Bertz CT molecular complexity index is 981. The van der Waals surface area contributed by atoms with Gasteiger partial charge in [-0.25, -0.2) is 4.98 Å². The highest BCUT2D eigenvalue weighted by Crippen LogP contribution is 2.26. The van der Waals surface area contributed by atoms with Crippen LogP contribution in [0.2, 0.25) is 0 Å². The van der Waals surface area contributed by atoms with E-state index in [4.69, 9.17) is 4.74 Å². The van der Waals surface area contributed by atoms with Crippen molar-refractivity contribution in [3.63, 3.8) is 0 Å². The second-order valence-electron chi connectivity index (χ2n) is 6.43. The van der Waals surface area contributed by atoms with Crippen LogP contribution in [0, 0.1) is 0 Å². The fraction of sp³-hybridized carbons (Fsp3) is 0.227. The summed E-state index contributed by atoms with van der Waals surface area (Å²) < 4.78 is 5.46. The lowest BCUT2D eigenvalue weighted by molar-refractivity contribution is 0.0779. The smallest absolute Gasteiger partial charge is 0.273 e. The quantitative estimate of drug-likeness (QED) is 0.644. The molecule has 0 fully saturated rings. The number of amides is 2. The summed E-state index contributed by atoms with van der Waals surface area (Å²) in [5.74, 6) is 0.533. The summed E-state index contributed by atoms with van der Waals surface area (Å²) in [6.45, 7) is 3.00. The van der Waals surface area contributed by atoms with Crippen molar-refractivity contribution >= 4 is 23.2 Å². The number of ether oxygens (including phenoxy) is 1. The summed E-state index contributed by atoms with van der Waals surface area (Å²) in [5.41, 5.74) is 2.90. The fourth-order valence-corrected chi connectivity index (χ4v) is 3.61. The number of nitrogens with zero attached hydrogens (tertiary/aromatic N) is 2. The van der Waals surface area contributed by atoms with Gasteiger partial charge in [0, 0.05) is 37.1 Å². The molecule has 1 aromatic heterocycles. The van der Waals surface area contributed by atoms with Crippen LogP contribution in [-0.4, -0.2) is 42.4 Å². The zero-order valence-corrected chi connectivity index (χ0v) is 17.5. The molecule has 2 aromatic carbocycles. The van der Waals surface area contributed by atoms with Crippen molar-refractivity contribution in [2.24, 2.45) is 0 Å². The predicted octanol–water partition coefficient (Wildman–Crippen LogP) is 3.84. The van der Waals surface area contributed by atoms with E-state index in [1.54, 1.807) is 36.5 Å². The van der Waals surface area contributed by atoms with Crippen molar-refractivity contribution in [3.8, 4) is 16.3 Å². The summed E-state index contributed by atoms with van der Waals surface area (Å²) in [6.07, 6.45) is 0. The Kier molecular flexibility index (Phi) is 6.61. The molecule has 0 atom stereocenters. The molecule has 0 bridgehead atoms. The molecule has 0 saturated carbocycles. The van der Waals surface area contributed by atoms with Gasteiger partial charge in [-0.2, -0.15) is 0 Å². The summed E-state index contributed by atoms with van der Waals surface area (Å²) in [7, 11) is 3.34. The lowest BCUT2D eigenvalue weighted by Crippen LogP contribution is -2.26. The van der Waals surface area contributed by atoms with Gasteiger partial charge in [-0.3, -0.25) is 9.59 Å². The Morgan fingerprint density at radius 3 is 2.41 bits per heavy atom. The number of benzene rings is 2. The summed E-state index contributed by atoms with van der Waals surface area (Å²) in [5, 5.41) is 5.16.